The van der Waals surface area contributed by atoms with Crippen LogP contribution in [0.25, 0.3) is 10.9 Å². The summed E-state index contributed by atoms with van der Waals surface area (Å²) in [7, 11) is 0. The Kier molecular flexibility index (Phi) is 6.94. The van der Waals surface area contributed by atoms with Gasteiger partial charge in [0, 0.05) is 31.6 Å². The molecule has 6 heteroatoms. The minimum Gasteiger partial charge on any atom is -0.298 e. The third-order valence-electron chi connectivity index (χ3n) is 5.48. The maximum atomic E-state index is 13.2. The third kappa shape index (κ3) is 4.66. The molecule has 2 aromatic rings. The summed E-state index contributed by atoms with van der Waals surface area (Å²) in [4.78, 5) is 32.8. The fourth-order valence-electron chi connectivity index (χ4n) is 3.97. The lowest BCUT2D eigenvalue weighted by atomic mass is 9.99. The van der Waals surface area contributed by atoms with Crippen LogP contribution in [0, 0.1) is 0 Å². The molecule has 1 atom stereocenters. The van der Waals surface area contributed by atoms with Crippen molar-refractivity contribution in [2.75, 3.05) is 6.54 Å². The first kappa shape index (κ1) is 21.1. The van der Waals surface area contributed by atoms with Gasteiger partial charge in [-0.05, 0) is 52.7 Å². The van der Waals surface area contributed by atoms with E-state index in [-0.39, 0.29) is 16.6 Å². The van der Waals surface area contributed by atoms with Crippen molar-refractivity contribution < 1.29 is 4.79 Å². The number of hydrogen-bond acceptors (Lipinski definition) is 5. The summed E-state index contributed by atoms with van der Waals surface area (Å²) >= 11 is 1.48. The van der Waals surface area contributed by atoms with E-state index in [9.17, 15) is 9.59 Å². The van der Waals surface area contributed by atoms with Crippen molar-refractivity contribution in [2.24, 2.45) is 0 Å². The lowest BCUT2D eigenvalue weighted by Gasteiger charge is -2.31. The fraction of sp³-hybridized carbons (Fsp3) is 0.591. The standard InChI is InChI=1S/C22H31N3O2S/c1-15(2)24(16(3)4)13-14-25-21(27)17-9-5-6-10-18(17)23-22(25)28-20-12-8-7-11-19(20)26/h5-6,9-10,15-16,20H,7-8,11-14H2,1-4H3. The smallest absolute Gasteiger partial charge is 0.262 e. The van der Waals surface area contributed by atoms with E-state index in [2.05, 4.69) is 32.6 Å². The molecule has 1 aliphatic rings. The number of carbonyl (C=O) groups is 1. The van der Waals surface area contributed by atoms with Gasteiger partial charge in [-0.3, -0.25) is 19.1 Å². The zero-order chi connectivity index (χ0) is 20.3. The molecule has 0 bridgehead atoms. The molecular formula is C22H31N3O2S. The van der Waals surface area contributed by atoms with Crippen molar-refractivity contribution in [2.45, 2.75) is 82.4 Å². The Balaban J connectivity index is 1.96. The van der Waals surface area contributed by atoms with Crippen LogP contribution >= 0.6 is 11.8 Å². The van der Waals surface area contributed by atoms with E-state index >= 15 is 0 Å². The monoisotopic (exact) mass is 401 g/mol. The molecule has 1 aliphatic carbocycles. The maximum absolute atomic E-state index is 13.2. The largest absolute Gasteiger partial charge is 0.298 e. The molecule has 28 heavy (non-hydrogen) atoms. The van der Waals surface area contributed by atoms with Gasteiger partial charge in [0.15, 0.2) is 5.16 Å². The second-order valence-corrected chi connectivity index (χ2v) is 9.28. The molecule has 0 saturated heterocycles. The average molecular weight is 402 g/mol. The average Bonchev–Trinajstić information content (AvgIpc) is 2.65. The second-order valence-electron chi connectivity index (χ2n) is 8.11. The number of ketones is 1. The Bertz CT molecular complexity index is 883. The summed E-state index contributed by atoms with van der Waals surface area (Å²) in [5.74, 6) is 0.288. The number of aromatic nitrogens is 2. The van der Waals surface area contributed by atoms with Crippen molar-refractivity contribution in [3.8, 4) is 0 Å². The van der Waals surface area contributed by atoms with Crippen LogP contribution in [0.1, 0.15) is 53.4 Å². The normalized spacial score (nSPS) is 18.0. The Morgan fingerprint density at radius 3 is 2.54 bits per heavy atom. The highest BCUT2D eigenvalue weighted by molar-refractivity contribution is 8.00. The summed E-state index contributed by atoms with van der Waals surface area (Å²) in [6.07, 6.45) is 3.56. The minimum absolute atomic E-state index is 0.0104. The van der Waals surface area contributed by atoms with Crippen molar-refractivity contribution >= 4 is 28.4 Å². The highest BCUT2D eigenvalue weighted by Crippen LogP contribution is 2.31. The molecule has 1 aromatic carbocycles. The molecule has 0 radical (unpaired) electrons. The van der Waals surface area contributed by atoms with Crippen LogP contribution in [-0.4, -0.2) is 44.1 Å². The number of Topliss-reactive ketones (excluding diaryl/α,β-unsaturated/α-hetero) is 1. The quantitative estimate of drug-likeness (QED) is 0.653. The van der Waals surface area contributed by atoms with Crippen LogP contribution in [0.3, 0.4) is 0 Å². The number of para-hydroxylation sites is 1. The van der Waals surface area contributed by atoms with E-state index in [1.807, 2.05) is 24.3 Å². The van der Waals surface area contributed by atoms with Gasteiger partial charge in [-0.1, -0.05) is 30.3 Å². The molecule has 3 rings (SSSR count). The molecule has 0 spiro atoms. The highest BCUT2D eigenvalue weighted by atomic mass is 32.2. The molecule has 0 N–H and O–H groups in total. The first-order valence-corrected chi connectivity index (χ1v) is 11.2. The van der Waals surface area contributed by atoms with Gasteiger partial charge in [-0.2, -0.15) is 0 Å². The number of hydrogen-bond donors (Lipinski definition) is 0. The first-order chi connectivity index (χ1) is 13.4. The molecule has 1 unspecified atom stereocenters. The lowest BCUT2D eigenvalue weighted by Crippen LogP contribution is -2.40. The predicted octanol–water partition coefficient (Wildman–Crippen LogP) is 4.12. The van der Waals surface area contributed by atoms with Crippen LogP contribution in [-0.2, 0) is 11.3 Å². The molecule has 0 amide bonds. The molecule has 5 nitrogen and oxygen atoms in total. The van der Waals surface area contributed by atoms with Crippen molar-refractivity contribution in [3.63, 3.8) is 0 Å². The van der Waals surface area contributed by atoms with Gasteiger partial charge in [0.1, 0.15) is 5.78 Å². The second kappa shape index (κ2) is 9.23. The van der Waals surface area contributed by atoms with Gasteiger partial charge in [0.25, 0.3) is 5.56 Å². The summed E-state index contributed by atoms with van der Waals surface area (Å²) < 4.78 is 1.78. The maximum Gasteiger partial charge on any atom is 0.262 e. The third-order valence-corrected chi connectivity index (χ3v) is 6.79. The molecule has 1 saturated carbocycles. The number of carbonyl (C=O) groups excluding carboxylic acids is 1. The predicted molar refractivity (Wildman–Crippen MR) is 116 cm³/mol. The van der Waals surface area contributed by atoms with E-state index in [4.69, 9.17) is 4.98 Å². The summed E-state index contributed by atoms with van der Waals surface area (Å²) in [6.45, 7) is 10.1. The molecule has 1 heterocycles. The van der Waals surface area contributed by atoms with Crippen LogP contribution in [0.4, 0.5) is 0 Å². The van der Waals surface area contributed by atoms with E-state index in [1.165, 1.54) is 11.8 Å². The lowest BCUT2D eigenvalue weighted by molar-refractivity contribution is -0.119. The number of benzene rings is 1. The van der Waals surface area contributed by atoms with Crippen molar-refractivity contribution in [3.05, 3.63) is 34.6 Å². The summed E-state index contributed by atoms with van der Waals surface area (Å²) in [6, 6.07) is 8.30. The minimum atomic E-state index is -0.0839. The van der Waals surface area contributed by atoms with Crippen LogP contribution in [0.15, 0.2) is 34.2 Å². The Morgan fingerprint density at radius 1 is 1.14 bits per heavy atom. The number of fused-ring (bicyclic) bond motifs is 1. The molecule has 1 aromatic heterocycles. The topological polar surface area (TPSA) is 55.2 Å². The molecule has 152 valence electrons. The molecular weight excluding hydrogens is 370 g/mol. The van der Waals surface area contributed by atoms with E-state index < -0.39 is 0 Å². The van der Waals surface area contributed by atoms with Gasteiger partial charge in [0.2, 0.25) is 0 Å². The first-order valence-electron chi connectivity index (χ1n) is 10.3. The Labute approximate surface area is 171 Å². The number of nitrogens with zero attached hydrogens (tertiary/aromatic N) is 3. The van der Waals surface area contributed by atoms with Crippen LogP contribution < -0.4 is 5.56 Å². The number of thioether (sulfide) groups is 1. The van der Waals surface area contributed by atoms with E-state index in [1.54, 1.807) is 4.57 Å². The summed E-state index contributed by atoms with van der Waals surface area (Å²) in [5, 5.41) is 1.23. The van der Waals surface area contributed by atoms with Crippen molar-refractivity contribution in [1.29, 1.82) is 0 Å². The van der Waals surface area contributed by atoms with E-state index in [0.717, 1.165) is 25.8 Å². The Morgan fingerprint density at radius 2 is 1.86 bits per heavy atom. The van der Waals surface area contributed by atoms with Crippen LogP contribution in [0.2, 0.25) is 0 Å². The van der Waals surface area contributed by atoms with Gasteiger partial charge >= 0.3 is 0 Å². The SMILES string of the molecule is CC(C)N(CCn1c(SC2CCCCC2=O)nc2ccccc2c1=O)C(C)C. The van der Waals surface area contributed by atoms with Gasteiger partial charge in [-0.15, -0.1) is 0 Å². The van der Waals surface area contributed by atoms with Crippen LogP contribution in [0.5, 0.6) is 0 Å². The van der Waals surface area contributed by atoms with Gasteiger partial charge in [-0.25, -0.2) is 4.98 Å². The van der Waals surface area contributed by atoms with E-state index in [0.29, 0.717) is 41.1 Å². The summed E-state index contributed by atoms with van der Waals surface area (Å²) in [5.41, 5.74) is 0.697. The van der Waals surface area contributed by atoms with Gasteiger partial charge < -0.3 is 0 Å². The zero-order valence-corrected chi connectivity index (χ0v) is 18.2. The molecule has 1 fully saturated rings. The Hall–Kier alpha value is -1.66. The zero-order valence-electron chi connectivity index (χ0n) is 17.4. The highest BCUT2D eigenvalue weighted by Gasteiger charge is 2.26. The van der Waals surface area contributed by atoms with Crippen molar-refractivity contribution in [1.82, 2.24) is 14.5 Å². The van der Waals surface area contributed by atoms with Gasteiger partial charge in [0.05, 0.1) is 16.2 Å². The number of rotatable bonds is 7. The fourth-order valence-corrected chi connectivity index (χ4v) is 5.21. The molecule has 0 aliphatic heterocycles.